The van der Waals surface area contributed by atoms with Crippen molar-refractivity contribution in [3.8, 4) is 0 Å². The van der Waals surface area contributed by atoms with E-state index in [1.807, 2.05) is 13.8 Å². The summed E-state index contributed by atoms with van der Waals surface area (Å²) in [6, 6.07) is 0. The molecule has 0 spiro atoms. The largest absolute Gasteiger partial charge is 0.481 e. The molecule has 4 nitrogen and oxygen atoms in total. The Kier molecular flexibility index (Phi) is 6.76. The molecule has 1 aliphatic carbocycles. The molecule has 0 heterocycles. The van der Waals surface area contributed by atoms with Crippen molar-refractivity contribution in [3.05, 3.63) is 11.6 Å². The molecule has 0 saturated heterocycles. The summed E-state index contributed by atoms with van der Waals surface area (Å²) < 4.78 is 0. The highest BCUT2D eigenvalue weighted by Gasteiger charge is 2.19. The standard InChI is InChI=1S/C16H27NO3/c1-16(2,9-8-15(19)20)10-11-17-14(18)12-13-6-4-3-5-7-13/h6H,3-5,7-12H2,1-2H3,(H,17,18)(H,19,20). The van der Waals surface area contributed by atoms with Crippen LogP contribution < -0.4 is 5.32 Å². The summed E-state index contributed by atoms with van der Waals surface area (Å²) in [5, 5.41) is 11.6. The minimum Gasteiger partial charge on any atom is -0.481 e. The molecule has 1 amide bonds. The molecule has 0 saturated carbocycles. The van der Waals surface area contributed by atoms with Crippen molar-refractivity contribution in [3.63, 3.8) is 0 Å². The van der Waals surface area contributed by atoms with Gasteiger partial charge in [-0.15, -0.1) is 0 Å². The van der Waals surface area contributed by atoms with Crippen LogP contribution in [0.1, 0.15) is 65.2 Å². The molecule has 1 aliphatic rings. The normalized spacial score (nSPS) is 15.6. The van der Waals surface area contributed by atoms with Crippen LogP contribution in [0.4, 0.5) is 0 Å². The van der Waals surface area contributed by atoms with Gasteiger partial charge in [0.25, 0.3) is 0 Å². The van der Waals surface area contributed by atoms with Crippen molar-refractivity contribution < 1.29 is 14.7 Å². The highest BCUT2D eigenvalue weighted by atomic mass is 16.4. The molecule has 0 atom stereocenters. The van der Waals surface area contributed by atoms with E-state index in [1.165, 1.54) is 18.4 Å². The number of carbonyl (C=O) groups excluding carboxylic acids is 1. The average Bonchev–Trinajstić information content (AvgIpc) is 2.37. The van der Waals surface area contributed by atoms with Crippen LogP contribution in [0.25, 0.3) is 0 Å². The van der Waals surface area contributed by atoms with Crippen LogP contribution >= 0.6 is 0 Å². The molecular weight excluding hydrogens is 254 g/mol. The van der Waals surface area contributed by atoms with E-state index in [-0.39, 0.29) is 17.7 Å². The van der Waals surface area contributed by atoms with E-state index in [9.17, 15) is 9.59 Å². The number of carboxylic acid groups (broad SMARTS) is 1. The topological polar surface area (TPSA) is 66.4 Å². The Morgan fingerprint density at radius 3 is 2.65 bits per heavy atom. The van der Waals surface area contributed by atoms with Crippen LogP contribution in [0, 0.1) is 5.41 Å². The number of rotatable bonds is 8. The zero-order valence-electron chi connectivity index (χ0n) is 12.7. The fourth-order valence-electron chi connectivity index (χ4n) is 2.44. The number of nitrogens with one attached hydrogen (secondary N) is 1. The first-order valence-electron chi connectivity index (χ1n) is 7.55. The van der Waals surface area contributed by atoms with Crippen molar-refractivity contribution >= 4 is 11.9 Å². The third-order valence-electron chi connectivity index (χ3n) is 3.91. The quantitative estimate of drug-likeness (QED) is 0.671. The second-order valence-corrected chi connectivity index (χ2v) is 6.44. The Morgan fingerprint density at radius 2 is 2.05 bits per heavy atom. The number of carbonyl (C=O) groups is 2. The fourth-order valence-corrected chi connectivity index (χ4v) is 2.44. The minimum atomic E-state index is -0.758. The molecule has 4 heteroatoms. The maximum Gasteiger partial charge on any atom is 0.303 e. The molecule has 0 bridgehead atoms. The molecule has 0 fully saturated rings. The summed E-state index contributed by atoms with van der Waals surface area (Å²) in [6.45, 7) is 4.72. The van der Waals surface area contributed by atoms with Crippen LogP contribution in [-0.4, -0.2) is 23.5 Å². The highest BCUT2D eigenvalue weighted by Crippen LogP contribution is 2.26. The van der Waals surface area contributed by atoms with Crippen LogP contribution in [0.2, 0.25) is 0 Å². The lowest BCUT2D eigenvalue weighted by Crippen LogP contribution is -2.28. The van der Waals surface area contributed by atoms with E-state index in [2.05, 4.69) is 11.4 Å². The summed E-state index contributed by atoms with van der Waals surface area (Å²) >= 11 is 0. The summed E-state index contributed by atoms with van der Waals surface area (Å²) in [6.07, 6.45) is 8.95. The number of aliphatic carboxylic acids is 1. The van der Waals surface area contributed by atoms with Gasteiger partial charge in [-0.2, -0.15) is 0 Å². The van der Waals surface area contributed by atoms with Crippen LogP contribution in [0.5, 0.6) is 0 Å². The van der Waals surface area contributed by atoms with E-state index < -0.39 is 5.97 Å². The molecule has 0 aromatic carbocycles. The smallest absolute Gasteiger partial charge is 0.303 e. The Bertz CT molecular complexity index is 372. The molecule has 20 heavy (non-hydrogen) atoms. The lowest BCUT2D eigenvalue weighted by Gasteiger charge is -2.24. The number of carboxylic acids is 1. The van der Waals surface area contributed by atoms with Gasteiger partial charge in [0, 0.05) is 19.4 Å². The third kappa shape index (κ3) is 7.31. The number of hydrogen-bond donors (Lipinski definition) is 2. The number of amides is 1. The maximum absolute atomic E-state index is 11.8. The second kappa shape index (κ2) is 8.08. The van der Waals surface area contributed by atoms with Gasteiger partial charge < -0.3 is 10.4 Å². The summed E-state index contributed by atoms with van der Waals surface area (Å²) in [7, 11) is 0. The van der Waals surface area contributed by atoms with Crippen molar-refractivity contribution in [1.29, 1.82) is 0 Å². The zero-order valence-corrected chi connectivity index (χ0v) is 12.7. The van der Waals surface area contributed by atoms with Gasteiger partial charge in [-0.25, -0.2) is 0 Å². The molecule has 1 rings (SSSR count). The first-order valence-corrected chi connectivity index (χ1v) is 7.55. The lowest BCUT2D eigenvalue weighted by atomic mass is 9.84. The van der Waals surface area contributed by atoms with Gasteiger partial charge in [-0.3, -0.25) is 9.59 Å². The third-order valence-corrected chi connectivity index (χ3v) is 3.91. The van der Waals surface area contributed by atoms with Crippen molar-refractivity contribution in [2.75, 3.05) is 6.54 Å². The van der Waals surface area contributed by atoms with Crippen LogP contribution in [0.3, 0.4) is 0 Å². The van der Waals surface area contributed by atoms with Crippen molar-refractivity contribution in [1.82, 2.24) is 5.32 Å². The predicted molar refractivity (Wildman–Crippen MR) is 79.4 cm³/mol. The number of allylic oxidation sites excluding steroid dienone is 1. The Balaban J connectivity index is 2.20. The fraction of sp³-hybridized carbons (Fsp3) is 0.750. The highest BCUT2D eigenvalue weighted by molar-refractivity contribution is 5.78. The molecular formula is C16H27NO3. The molecule has 0 aromatic heterocycles. The van der Waals surface area contributed by atoms with Gasteiger partial charge in [0.05, 0.1) is 0 Å². The van der Waals surface area contributed by atoms with E-state index >= 15 is 0 Å². The first-order chi connectivity index (χ1) is 9.39. The van der Waals surface area contributed by atoms with E-state index in [0.717, 1.165) is 19.3 Å². The summed E-state index contributed by atoms with van der Waals surface area (Å²) in [4.78, 5) is 22.4. The predicted octanol–water partition coefficient (Wildman–Crippen LogP) is 3.27. The van der Waals surface area contributed by atoms with Gasteiger partial charge in [0.15, 0.2) is 0 Å². The SMILES string of the molecule is CC(C)(CCNC(=O)CC1=CCCCC1)CCC(=O)O. The maximum atomic E-state index is 11.8. The Morgan fingerprint density at radius 1 is 1.30 bits per heavy atom. The van der Waals surface area contributed by atoms with Crippen molar-refractivity contribution in [2.45, 2.75) is 65.2 Å². The monoisotopic (exact) mass is 281 g/mol. The number of hydrogen-bond acceptors (Lipinski definition) is 2. The van der Waals surface area contributed by atoms with E-state index in [1.54, 1.807) is 0 Å². The van der Waals surface area contributed by atoms with Gasteiger partial charge >= 0.3 is 5.97 Å². The molecule has 114 valence electrons. The summed E-state index contributed by atoms with van der Waals surface area (Å²) in [5.41, 5.74) is 1.22. The zero-order chi connectivity index (χ0) is 15.0. The van der Waals surface area contributed by atoms with E-state index in [0.29, 0.717) is 19.4 Å². The van der Waals surface area contributed by atoms with E-state index in [4.69, 9.17) is 5.11 Å². The van der Waals surface area contributed by atoms with Gasteiger partial charge in [-0.05, 0) is 43.9 Å². The Labute approximate surface area is 121 Å². The second-order valence-electron chi connectivity index (χ2n) is 6.44. The molecule has 2 N–H and O–H groups in total. The Hall–Kier alpha value is -1.32. The van der Waals surface area contributed by atoms with Gasteiger partial charge in [-0.1, -0.05) is 25.5 Å². The van der Waals surface area contributed by atoms with Crippen LogP contribution in [-0.2, 0) is 9.59 Å². The van der Waals surface area contributed by atoms with Crippen LogP contribution in [0.15, 0.2) is 11.6 Å². The van der Waals surface area contributed by atoms with Gasteiger partial charge in [0.1, 0.15) is 0 Å². The molecule has 0 aromatic rings. The minimum absolute atomic E-state index is 0.0459. The molecule has 0 radical (unpaired) electrons. The first kappa shape index (κ1) is 16.7. The van der Waals surface area contributed by atoms with Gasteiger partial charge in [0.2, 0.25) is 5.91 Å². The summed E-state index contributed by atoms with van der Waals surface area (Å²) in [5.74, 6) is -0.668. The average molecular weight is 281 g/mol. The molecule has 0 unspecified atom stereocenters. The van der Waals surface area contributed by atoms with Crippen molar-refractivity contribution in [2.24, 2.45) is 5.41 Å². The lowest BCUT2D eigenvalue weighted by molar-refractivity contribution is -0.137. The molecule has 0 aliphatic heterocycles.